The molecule has 34 heavy (non-hydrogen) atoms. The highest BCUT2D eigenvalue weighted by Crippen LogP contribution is 2.29. The first-order valence-electron chi connectivity index (χ1n) is 10.8. The molecule has 1 aliphatic heterocycles. The average Bonchev–Trinajstić information content (AvgIpc) is 3.49. The van der Waals surface area contributed by atoms with Crippen LogP contribution < -0.4 is 16.1 Å². The molecular formula is C23H20BN9O. The second kappa shape index (κ2) is 8.12. The molecule has 1 aliphatic rings. The molecule has 4 aromatic heterocycles. The number of imidazole rings is 1. The Bertz CT molecular complexity index is 1540. The fourth-order valence-corrected chi connectivity index (χ4v) is 4.02. The summed E-state index contributed by atoms with van der Waals surface area (Å²) in [6.07, 6.45) is 5.15. The molecular weight excluding hydrogens is 429 g/mol. The monoisotopic (exact) mass is 449 g/mol. The zero-order valence-corrected chi connectivity index (χ0v) is 18.3. The van der Waals surface area contributed by atoms with Gasteiger partial charge in [-0.15, -0.1) is 0 Å². The van der Waals surface area contributed by atoms with Crippen molar-refractivity contribution in [2.24, 2.45) is 5.10 Å². The smallest absolute Gasteiger partial charge is 0.428 e. The van der Waals surface area contributed by atoms with Crippen molar-refractivity contribution in [1.82, 2.24) is 34.9 Å². The maximum absolute atomic E-state index is 10.0. The van der Waals surface area contributed by atoms with E-state index < -0.39 is 7.05 Å². The highest BCUT2D eigenvalue weighted by Gasteiger charge is 2.21. The fourth-order valence-electron chi connectivity index (χ4n) is 4.02. The number of anilines is 1. The van der Waals surface area contributed by atoms with Crippen molar-refractivity contribution in [3.05, 3.63) is 78.1 Å². The van der Waals surface area contributed by atoms with Crippen molar-refractivity contribution >= 4 is 30.1 Å². The van der Waals surface area contributed by atoms with Crippen LogP contribution in [0.15, 0.2) is 66.2 Å². The van der Waals surface area contributed by atoms with Gasteiger partial charge in [-0.2, -0.15) is 10.2 Å². The molecule has 0 fully saturated rings. The number of hydrazone groups is 1. The minimum absolute atomic E-state index is 0.473. The number of nitrogens with zero attached hydrogens (tertiary/aromatic N) is 6. The predicted molar refractivity (Wildman–Crippen MR) is 131 cm³/mol. The fraction of sp³-hybridized carbons (Fsp3) is 0.0870. The number of nitrogens with one attached hydrogen (secondary N) is 3. The van der Waals surface area contributed by atoms with Crippen LogP contribution in [0.25, 0.3) is 28.3 Å². The molecule has 0 unspecified atom stereocenters. The van der Waals surface area contributed by atoms with E-state index in [4.69, 9.17) is 4.98 Å². The molecule has 166 valence electrons. The number of fused-ring (bicyclic) bond motifs is 2. The van der Waals surface area contributed by atoms with E-state index in [0.29, 0.717) is 6.54 Å². The van der Waals surface area contributed by atoms with Crippen molar-refractivity contribution in [2.45, 2.75) is 13.5 Å². The Kier molecular flexibility index (Phi) is 4.81. The van der Waals surface area contributed by atoms with Crippen LogP contribution in [0.4, 0.5) is 5.69 Å². The van der Waals surface area contributed by atoms with Gasteiger partial charge in [-0.3, -0.25) is 4.98 Å². The van der Waals surface area contributed by atoms with Crippen LogP contribution in [-0.2, 0) is 6.54 Å². The number of benzene rings is 1. The first kappa shape index (κ1) is 20.1. The summed E-state index contributed by atoms with van der Waals surface area (Å²) in [6.45, 7) is 2.44. The van der Waals surface area contributed by atoms with Gasteiger partial charge < -0.3 is 20.7 Å². The Hall–Kier alpha value is -4.51. The lowest BCUT2D eigenvalue weighted by molar-refractivity contribution is 0.565. The molecule has 0 radical (unpaired) electrons. The highest BCUT2D eigenvalue weighted by atomic mass is 16.2. The molecule has 4 N–H and O–H groups in total. The van der Waals surface area contributed by atoms with Crippen molar-refractivity contribution in [2.75, 3.05) is 5.32 Å². The summed E-state index contributed by atoms with van der Waals surface area (Å²) < 4.78 is 1.74. The van der Waals surface area contributed by atoms with E-state index in [9.17, 15) is 5.02 Å². The van der Waals surface area contributed by atoms with E-state index in [-0.39, 0.29) is 0 Å². The van der Waals surface area contributed by atoms with E-state index in [1.807, 2.05) is 61.7 Å². The lowest BCUT2D eigenvalue weighted by Crippen LogP contribution is -2.46. The third-order valence-electron chi connectivity index (χ3n) is 5.69. The van der Waals surface area contributed by atoms with Gasteiger partial charge in [-0.05, 0) is 54.3 Å². The third-order valence-corrected chi connectivity index (χ3v) is 5.69. The van der Waals surface area contributed by atoms with Crippen LogP contribution in [0, 0.1) is 6.92 Å². The zero-order chi connectivity index (χ0) is 23.1. The van der Waals surface area contributed by atoms with Gasteiger partial charge in [0.15, 0.2) is 5.65 Å². The summed E-state index contributed by atoms with van der Waals surface area (Å²) in [7, 11) is -0.798. The predicted octanol–water partition coefficient (Wildman–Crippen LogP) is 1.73. The van der Waals surface area contributed by atoms with Crippen LogP contribution in [0.3, 0.4) is 0 Å². The summed E-state index contributed by atoms with van der Waals surface area (Å²) in [6, 6.07) is 15.6. The quantitative estimate of drug-likeness (QED) is 0.301. The van der Waals surface area contributed by atoms with Gasteiger partial charge in [0.1, 0.15) is 17.8 Å². The molecule has 0 spiro atoms. The summed E-state index contributed by atoms with van der Waals surface area (Å²) in [5.74, 6) is 0.764. The topological polar surface area (TPSA) is 128 Å². The maximum atomic E-state index is 10.0. The maximum Gasteiger partial charge on any atom is 0.464 e. The van der Waals surface area contributed by atoms with Gasteiger partial charge in [0.05, 0.1) is 24.1 Å². The third kappa shape index (κ3) is 3.67. The number of pyridine rings is 2. The number of hydrogen-bond acceptors (Lipinski definition) is 8. The van der Waals surface area contributed by atoms with Crippen LogP contribution in [0.5, 0.6) is 0 Å². The summed E-state index contributed by atoms with van der Waals surface area (Å²) >= 11 is 0. The van der Waals surface area contributed by atoms with Crippen LogP contribution in [0.2, 0.25) is 0 Å². The lowest BCUT2D eigenvalue weighted by Gasteiger charge is -2.15. The minimum atomic E-state index is -0.798. The number of aryl methyl sites for hydroxylation is 1. The number of hydrogen-bond donors (Lipinski definition) is 4. The summed E-state index contributed by atoms with van der Waals surface area (Å²) in [4.78, 5) is 17.3. The molecule has 0 saturated carbocycles. The first-order valence-corrected chi connectivity index (χ1v) is 10.8. The second-order valence-corrected chi connectivity index (χ2v) is 8.04. The van der Waals surface area contributed by atoms with Gasteiger partial charge in [0.25, 0.3) is 0 Å². The normalized spacial score (nSPS) is 12.6. The van der Waals surface area contributed by atoms with Crippen molar-refractivity contribution in [3.8, 4) is 22.6 Å². The van der Waals surface area contributed by atoms with Crippen molar-refractivity contribution in [3.63, 3.8) is 0 Å². The average molecular weight is 449 g/mol. The van der Waals surface area contributed by atoms with E-state index in [1.165, 1.54) is 6.33 Å². The van der Waals surface area contributed by atoms with Crippen LogP contribution >= 0.6 is 0 Å². The van der Waals surface area contributed by atoms with Crippen LogP contribution in [-0.4, -0.2) is 47.8 Å². The van der Waals surface area contributed by atoms with Gasteiger partial charge >= 0.3 is 7.05 Å². The molecule has 0 saturated heterocycles. The second-order valence-electron chi connectivity index (χ2n) is 8.04. The minimum Gasteiger partial charge on any atom is -0.428 e. The van der Waals surface area contributed by atoms with E-state index in [2.05, 4.69) is 35.8 Å². The molecule has 0 amide bonds. The summed E-state index contributed by atoms with van der Waals surface area (Å²) in [5.41, 5.74) is 7.60. The van der Waals surface area contributed by atoms with Gasteiger partial charge in [-0.1, -0.05) is 12.1 Å². The number of rotatable bonds is 5. The largest absolute Gasteiger partial charge is 0.464 e. The number of aromatic amines is 1. The molecule has 6 rings (SSSR count). The van der Waals surface area contributed by atoms with Gasteiger partial charge in [0.2, 0.25) is 0 Å². The molecule has 0 bridgehead atoms. The molecule has 0 atom stereocenters. The Morgan fingerprint density at radius 1 is 1.12 bits per heavy atom. The Morgan fingerprint density at radius 3 is 2.97 bits per heavy atom. The number of H-pyrrole nitrogens is 1. The SMILES string of the molecule is Cc1cccc(-c2nc(CNc3ccc4c(c3)C=NNB4O)[nH]c2-c2ccc3ncnn3c2)n1. The van der Waals surface area contributed by atoms with E-state index in [1.54, 1.807) is 10.7 Å². The van der Waals surface area contributed by atoms with Gasteiger partial charge in [-0.25, -0.2) is 14.5 Å². The zero-order valence-electron chi connectivity index (χ0n) is 18.3. The Labute approximate surface area is 195 Å². The lowest BCUT2D eigenvalue weighted by atomic mass is 9.72. The van der Waals surface area contributed by atoms with Crippen molar-refractivity contribution < 1.29 is 5.02 Å². The Morgan fingerprint density at radius 2 is 2.06 bits per heavy atom. The molecule has 1 aromatic carbocycles. The van der Waals surface area contributed by atoms with Gasteiger partial charge in [0, 0.05) is 23.1 Å². The standard InChI is InChI=1S/C23H20BN9O/c1-14-3-2-4-19(29-14)23-22(15-5-8-21-26-13-28-33(21)12-15)30-20(31-23)11-25-17-6-7-18-16(9-17)10-27-32-24(18)34/h2-10,12-13,25,32,34H,11H2,1H3,(H,30,31). The summed E-state index contributed by atoms with van der Waals surface area (Å²) in [5, 5.41) is 24.3. The van der Waals surface area contributed by atoms with Crippen molar-refractivity contribution in [1.29, 1.82) is 0 Å². The number of aromatic nitrogens is 6. The molecule has 10 nitrogen and oxygen atoms in total. The Balaban J connectivity index is 1.34. The molecule has 11 heteroatoms. The van der Waals surface area contributed by atoms with Crippen LogP contribution in [0.1, 0.15) is 17.1 Å². The molecule has 5 aromatic rings. The van der Waals surface area contributed by atoms with E-state index in [0.717, 1.165) is 56.5 Å². The van der Waals surface area contributed by atoms with E-state index >= 15 is 0 Å². The molecule has 0 aliphatic carbocycles. The molecule has 5 heterocycles. The highest BCUT2D eigenvalue weighted by molar-refractivity contribution is 6.65. The first-order chi connectivity index (χ1) is 16.6.